The predicted octanol–water partition coefficient (Wildman–Crippen LogP) is 2.58. The lowest BCUT2D eigenvalue weighted by Crippen LogP contribution is -1.98. The summed E-state index contributed by atoms with van der Waals surface area (Å²) in [6, 6.07) is 1.97. The number of rotatable bonds is 2. The number of aromatic nitrogens is 2. The largest absolute Gasteiger partial charge is 0.268 e. The molecule has 0 aliphatic rings. The summed E-state index contributed by atoms with van der Waals surface area (Å²) in [4.78, 5) is 0. The molecule has 1 unspecified atom stereocenters. The van der Waals surface area contributed by atoms with Gasteiger partial charge in [-0.3, -0.25) is 4.68 Å². The minimum Gasteiger partial charge on any atom is -0.268 e. The molecule has 68 valence electrons. The first-order valence-corrected chi connectivity index (χ1v) is 5.46. The molecule has 0 N–H and O–H groups in total. The molecule has 3 heteroatoms. The maximum atomic E-state index is 4.20. The van der Waals surface area contributed by atoms with Crippen molar-refractivity contribution in [2.75, 3.05) is 0 Å². The summed E-state index contributed by atoms with van der Waals surface area (Å²) in [6.07, 6.45) is 3.84. The van der Waals surface area contributed by atoms with Crippen LogP contribution in [0, 0.1) is 13.8 Å². The van der Waals surface area contributed by atoms with E-state index in [1.807, 2.05) is 23.1 Å². The van der Waals surface area contributed by atoms with E-state index >= 15 is 0 Å². The maximum absolute atomic E-state index is 4.20. The second-order valence-electron chi connectivity index (χ2n) is 3.28. The third-order valence-corrected chi connectivity index (χ3v) is 3.85. The molecule has 13 heavy (non-hydrogen) atoms. The van der Waals surface area contributed by atoms with Gasteiger partial charge in [-0.05, 0) is 42.1 Å². The number of aryl methyl sites for hydroxylation is 1. The van der Waals surface area contributed by atoms with Crippen LogP contribution in [0.25, 0.3) is 0 Å². The van der Waals surface area contributed by atoms with E-state index in [2.05, 4.69) is 24.7 Å². The Kier molecular flexibility index (Phi) is 2.24. The normalized spacial score (nSPS) is 11.2. The molecule has 0 amide bonds. The zero-order valence-electron chi connectivity index (χ0n) is 7.91. The van der Waals surface area contributed by atoms with Crippen LogP contribution >= 0.6 is 8.19 Å². The van der Waals surface area contributed by atoms with Gasteiger partial charge >= 0.3 is 0 Å². The Hall–Kier alpha value is -1.01. The predicted molar refractivity (Wildman–Crippen MR) is 56.7 cm³/mol. The van der Waals surface area contributed by atoms with Gasteiger partial charge in [0, 0.05) is 12.4 Å². The van der Waals surface area contributed by atoms with Gasteiger partial charge in [0.1, 0.15) is 0 Å². The molecule has 2 aromatic rings. The standard InChI is InChI=1S/C10H13N2P/c1-8-7-13-10(9(8)2)6-12-5-3-4-11-12/h3-5,7,13H,6H2,1-2H3. The van der Waals surface area contributed by atoms with Gasteiger partial charge < -0.3 is 0 Å². The first-order chi connectivity index (χ1) is 6.27. The highest BCUT2D eigenvalue weighted by molar-refractivity contribution is 7.30. The first kappa shape index (κ1) is 8.58. The van der Waals surface area contributed by atoms with Crippen molar-refractivity contribution in [2.45, 2.75) is 20.4 Å². The first-order valence-electron chi connectivity index (χ1n) is 4.38. The van der Waals surface area contributed by atoms with E-state index in [9.17, 15) is 0 Å². The number of nitrogens with zero attached hydrogens (tertiary/aromatic N) is 2. The lowest BCUT2D eigenvalue weighted by Gasteiger charge is -2.01. The van der Waals surface area contributed by atoms with Gasteiger partial charge in [-0.25, -0.2) is 0 Å². The van der Waals surface area contributed by atoms with Crippen molar-refractivity contribution in [3.63, 3.8) is 0 Å². The van der Waals surface area contributed by atoms with Gasteiger partial charge in [0.25, 0.3) is 0 Å². The van der Waals surface area contributed by atoms with Crippen molar-refractivity contribution in [1.29, 1.82) is 0 Å². The molecule has 0 aliphatic heterocycles. The highest BCUT2D eigenvalue weighted by Gasteiger charge is 2.02. The lowest BCUT2D eigenvalue weighted by molar-refractivity contribution is 0.692. The third kappa shape index (κ3) is 1.68. The van der Waals surface area contributed by atoms with Crippen molar-refractivity contribution in [3.05, 3.63) is 40.7 Å². The molecule has 0 saturated carbocycles. The van der Waals surface area contributed by atoms with Crippen molar-refractivity contribution in [3.8, 4) is 0 Å². The molecule has 0 saturated heterocycles. The molecule has 0 aliphatic carbocycles. The molecule has 0 radical (unpaired) electrons. The topological polar surface area (TPSA) is 17.8 Å². The number of hydrogen-bond acceptors (Lipinski definition) is 1. The van der Waals surface area contributed by atoms with E-state index < -0.39 is 0 Å². The number of hydrogen-bond donors (Lipinski definition) is 0. The van der Waals surface area contributed by atoms with E-state index in [0.29, 0.717) is 0 Å². The van der Waals surface area contributed by atoms with Gasteiger partial charge in [0.05, 0.1) is 6.54 Å². The van der Waals surface area contributed by atoms with Crippen molar-refractivity contribution >= 4 is 8.19 Å². The van der Waals surface area contributed by atoms with Gasteiger partial charge in [0.2, 0.25) is 0 Å². The Labute approximate surface area is 79.7 Å². The molecule has 1 atom stereocenters. The van der Waals surface area contributed by atoms with Crippen LogP contribution in [0.4, 0.5) is 0 Å². The Balaban J connectivity index is 2.24. The summed E-state index contributed by atoms with van der Waals surface area (Å²) >= 11 is 0. The van der Waals surface area contributed by atoms with Crippen LogP contribution in [0.15, 0.2) is 24.3 Å². The highest BCUT2D eigenvalue weighted by atomic mass is 31.0. The van der Waals surface area contributed by atoms with Gasteiger partial charge in [0.15, 0.2) is 0 Å². The van der Waals surface area contributed by atoms with Crippen LogP contribution in [0.1, 0.15) is 16.4 Å². The summed E-state index contributed by atoms with van der Waals surface area (Å²) in [5.41, 5.74) is 2.88. The fourth-order valence-electron chi connectivity index (χ4n) is 1.37. The van der Waals surface area contributed by atoms with E-state index in [0.717, 1.165) is 14.7 Å². The quantitative estimate of drug-likeness (QED) is 0.715. The molecule has 0 spiro atoms. The lowest BCUT2D eigenvalue weighted by atomic mass is 10.2. The molecule has 0 bridgehead atoms. The van der Waals surface area contributed by atoms with Crippen LogP contribution in [0.2, 0.25) is 0 Å². The molecule has 2 nitrogen and oxygen atoms in total. The monoisotopic (exact) mass is 192 g/mol. The van der Waals surface area contributed by atoms with Crippen LogP contribution < -0.4 is 0 Å². The summed E-state index contributed by atoms with van der Waals surface area (Å²) in [5.74, 6) is 2.31. The molecule has 2 rings (SSSR count). The molecule has 0 aromatic carbocycles. The Bertz CT molecular complexity index is 387. The summed E-state index contributed by atoms with van der Waals surface area (Å²) in [5, 5.41) is 5.72. The third-order valence-electron chi connectivity index (χ3n) is 2.39. The van der Waals surface area contributed by atoms with Gasteiger partial charge in [-0.15, -0.1) is 8.19 Å². The van der Waals surface area contributed by atoms with Crippen LogP contribution in [-0.2, 0) is 6.54 Å². The zero-order chi connectivity index (χ0) is 9.26. The van der Waals surface area contributed by atoms with E-state index in [-0.39, 0.29) is 0 Å². The highest BCUT2D eigenvalue weighted by Crippen LogP contribution is 2.25. The fraction of sp³-hybridized carbons (Fsp3) is 0.300. The Morgan fingerprint density at radius 2 is 2.31 bits per heavy atom. The van der Waals surface area contributed by atoms with E-state index in [1.165, 1.54) is 16.4 Å². The smallest absolute Gasteiger partial charge is 0.0696 e. The SMILES string of the molecule is Cc1c[pH]c(Cn2cccn2)c1C. The average Bonchev–Trinajstić information content (AvgIpc) is 2.71. The molecule has 2 aromatic heterocycles. The molecule has 2 heterocycles. The van der Waals surface area contributed by atoms with Crippen LogP contribution in [-0.4, -0.2) is 9.78 Å². The van der Waals surface area contributed by atoms with Gasteiger partial charge in [-0.2, -0.15) is 5.10 Å². The summed E-state index contributed by atoms with van der Waals surface area (Å²) < 4.78 is 1.98. The average molecular weight is 192 g/mol. The second-order valence-corrected chi connectivity index (χ2v) is 4.46. The minimum atomic E-state index is 0.855. The minimum absolute atomic E-state index is 0.855. The van der Waals surface area contributed by atoms with Crippen molar-refractivity contribution < 1.29 is 0 Å². The maximum Gasteiger partial charge on any atom is 0.0696 e. The van der Waals surface area contributed by atoms with Crippen molar-refractivity contribution in [2.24, 2.45) is 0 Å². The van der Waals surface area contributed by atoms with E-state index in [1.54, 1.807) is 0 Å². The summed E-state index contributed by atoms with van der Waals surface area (Å²) in [6.45, 7) is 5.33. The van der Waals surface area contributed by atoms with Crippen LogP contribution in [0.3, 0.4) is 0 Å². The van der Waals surface area contributed by atoms with Gasteiger partial charge in [-0.1, -0.05) is 0 Å². The summed E-state index contributed by atoms with van der Waals surface area (Å²) in [7, 11) is 0.855. The Morgan fingerprint density at radius 1 is 1.46 bits per heavy atom. The van der Waals surface area contributed by atoms with Crippen LogP contribution in [0.5, 0.6) is 0 Å². The van der Waals surface area contributed by atoms with Crippen molar-refractivity contribution in [1.82, 2.24) is 9.78 Å². The molecular weight excluding hydrogens is 179 g/mol. The Morgan fingerprint density at radius 3 is 2.85 bits per heavy atom. The zero-order valence-corrected chi connectivity index (χ0v) is 8.91. The molecule has 0 fully saturated rings. The van der Waals surface area contributed by atoms with E-state index in [4.69, 9.17) is 0 Å². The second kappa shape index (κ2) is 3.39. The fourth-order valence-corrected chi connectivity index (χ4v) is 2.64. The molecular formula is C10H13N2P.